The number of hydrogen-bond donors (Lipinski definition) is 2. The molecule has 104 valence electrons. The SMILES string of the molecule is COC(=O)[C@H](Cc1cnc[nH]1)NC(=O)c1ccncc1. The maximum Gasteiger partial charge on any atom is 0.328 e. The van der Waals surface area contributed by atoms with Crippen LogP contribution in [-0.4, -0.2) is 40.0 Å². The van der Waals surface area contributed by atoms with E-state index in [0.29, 0.717) is 5.56 Å². The molecule has 2 heterocycles. The highest BCUT2D eigenvalue weighted by molar-refractivity contribution is 5.96. The number of imidazole rings is 1. The Hall–Kier alpha value is -2.70. The lowest BCUT2D eigenvalue weighted by atomic mass is 10.1. The standard InChI is InChI=1S/C13H14N4O3/c1-20-13(19)11(6-10-7-15-8-16-10)17-12(18)9-2-4-14-5-3-9/h2-5,7-8,11H,6H2,1H3,(H,15,16)(H,17,18)/t11-/m0/s1. The second-order valence-corrected chi connectivity index (χ2v) is 4.07. The zero-order valence-electron chi connectivity index (χ0n) is 10.9. The number of carbonyl (C=O) groups is 2. The van der Waals surface area contributed by atoms with Gasteiger partial charge in [-0.05, 0) is 12.1 Å². The van der Waals surface area contributed by atoms with Gasteiger partial charge in [0, 0.05) is 36.3 Å². The summed E-state index contributed by atoms with van der Waals surface area (Å²) in [5.41, 5.74) is 1.16. The van der Waals surface area contributed by atoms with Gasteiger partial charge in [-0.15, -0.1) is 0 Å². The molecule has 20 heavy (non-hydrogen) atoms. The van der Waals surface area contributed by atoms with E-state index in [9.17, 15) is 9.59 Å². The van der Waals surface area contributed by atoms with Crippen LogP contribution in [0.5, 0.6) is 0 Å². The van der Waals surface area contributed by atoms with Crippen LogP contribution in [0.15, 0.2) is 37.1 Å². The van der Waals surface area contributed by atoms with Crippen LogP contribution in [0, 0.1) is 0 Å². The largest absolute Gasteiger partial charge is 0.467 e. The van der Waals surface area contributed by atoms with Gasteiger partial charge in [0.25, 0.3) is 5.91 Å². The zero-order valence-corrected chi connectivity index (χ0v) is 10.9. The quantitative estimate of drug-likeness (QED) is 0.765. The van der Waals surface area contributed by atoms with E-state index in [0.717, 1.165) is 5.69 Å². The molecule has 0 spiro atoms. The number of nitrogens with one attached hydrogen (secondary N) is 2. The fourth-order valence-corrected chi connectivity index (χ4v) is 1.70. The van der Waals surface area contributed by atoms with Crippen molar-refractivity contribution in [2.24, 2.45) is 0 Å². The summed E-state index contributed by atoms with van der Waals surface area (Å²) < 4.78 is 4.70. The van der Waals surface area contributed by atoms with Crippen LogP contribution in [-0.2, 0) is 16.0 Å². The fraction of sp³-hybridized carbons (Fsp3) is 0.231. The maximum absolute atomic E-state index is 12.0. The molecule has 0 saturated carbocycles. The average Bonchev–Trinajstić information content (AvgIpc) is 2.99. The van der Waals surface area contributed by atoms with Crippen molar-refractivity contribution in [3.05, 3.63) is 48.3 Å². The third-order valence-electron chi connectivity index (χ3n) is 2.71. The lowest BCUT2D eigenvalue weighted by Crippen LogP contribution is -2.43. The van der Waals surface area contributed by atoms with E-state index < -0.39 is 12.0 Å². The summed E-state index contributed by atoms with van der Waals surface area (Å²) in [5, 5.41) is 2.63. The fourth-order valence-electron chi connectivity index (χ4n) is 1.70. The van der Waals surface area contributed by atoms with Crippen molar-refractivity contribution in [2.45, 2.75) is 12.5 Å². The molecule has 7 heteroatoms. The van der Waals surface area contributed by atoms with Gasteiger partial charge in [-0.25, -0.2) is 9.78 Å². The lowest BCUT2D eigenvalue weighted by molar-refractivity contribution is -0.142. The summed E-state index contributed by atoms with van der Waals surface area (Å²) in [7, 11) is 1.28. The van der Waals surface area contributed by atoms with E-state index >= 15 is 0 Å². The summed E-state index contributed by atoms with van der Waals surface area (Å²) in [6.07, 6.45) is 6.40. The van der Waals surface area contributed by atoms with Gasteiger partial charge in [0.05, 0.1) is 13.4 Å². The summed E-state index contributed by atoms with van der Waals surface area (Å²) in [6, 6.07) is 2.36. The summed E-state index contributed by atoms with van der Waals surface area (Å²) >= 11 is 0. The summed E-state index contributed by atoms with van der Waals surface area (Å²) in [4.78, 5) is 34.3. The van der Waals surface area contributed by atoms with Crippen LogP contribution in [0.1, 0.15) is 16.1 Å². The van der Waals surface area contributed by atoms with Crippen molar-refractivity contribution < 1.29 is 14.3 Å². The van der Waals surface area contributed by atoms with E-state index in [4.69, 9.17) is 4.74 Å². The smallest absolute Gasteiger partial charge is 0.328 e. The molecule has 0 aliphatic heterocycles. The molecule has 0 aliphatic rings. The molecule has 0 unspecified atom stereocenters. The molecule has 0 fully saturated rings. The molecule has 2 aromatic heterocycles. The second-order valence-electron chi connectivity index (χ2n) is 4.07. The highest BCUT2D eigenvalue weighted by Gasteiger charge is 2.23. The van der Waals surface area contributed by atoms with Crippen molar-refractivity contribution in [1.29, 1.82) is 0 Å². The Bertz CT molecular complexity index is 569. The second kappa shape index (κ2) is 6.46. The third-order valence-corrected chi connectivity index (χ3v) is 2.71. The van der Waals surface area contributed by atoms with E-state index in [1.54, 1.807) is 18.3 Å². The molecular weight excluding hydrogens is 260 g/mol. The van der Waals surface area contributed by atoms with Crippen LogP contribution in [0.4, 0.5) is 0 Å². The van der Waals surface area contributed by atoms with Gasteiger partial charge in [-0.2, -0.15) is 0 Å². The summed E-state index contributed by atoms with van der Waals surface area (Å²) in [5.74, 6) is -0.871. The number of rotatable bonds is 5. The predicted octanol–water partition coefficient (Wildman–Crippen LogP) is 0.319. The first-order valence-electron chi connectivity index (χ1n) is 5.96. The molecule has 7 nitrogen and oxygen atoms in total. The molecule has 1 atom stereocenters. The lowest BCUT2D eigenvalue weighted by Gasteiger charge is -2.15. The van der Waals surface area contributed by atoms with E-state index in [2.05, 4.69) is 20.3 Å². The number of aromatic nitrogens is 3. The van der Waals surface area contributed by atoms with Crippen LogP contribution in [0.3, 0.4) is 0 Å². The maximum atomic E-state index is 12.0. The molecule has 2 N–H and O–H groups in total. The van der Waals surface area contributed by atoms with Crippen molar-refractivity contribution in [2.75, 3.05) is 7.11 Å². The van der Waals surface area contributed by atoms with Gasteiger partial charge in [-0.3, -0.25) is 9.78 Å². The molecule has 0 aliphatic carbocycles. The van der Waals surface area contributed by atoms with E-state index in [-0.39, 0.29) is 12.3 Å². The molecule has 0 saturated heterocycles. The Balaban J connectivity index is 2.08. The number of esters is 1. The number of ether oxygens (including phenoxy) is 1. The highest BCUT2D eigenvalue weighted by Crippen LogP contribution is 2.03. The number of carbonyl (C=O) groups excluding carboxylic acids is 2. The van der Waals surface area contributed by atoms with Gasteiger partial charge in [0.1, 0.15) is 6.04 Å². The average molecular weight is 274 g/mol. The van der Waals surface area contributed by atoms with Crippen molar-refractivity contribution >= 4 is 11.9 Å². The topological polar surface area (TPSA) is 97.0 Å². The van der Waals surface area contributed by atoms with Gasteiger partial charge >= 0.3 is 5.97 Å². The number of H-pyrrole nitrogens is 1. The number of aromatic amines is 1. The molecule has 0 aromatic carbocycles. The number of nitrogens with zero attached hydrogens (tertiary/aromatic N) is 2. The van der Waals surface area contributed by atoms with E-state index in [1.807, 2.05) is 0 Å². The van der Waals surface area contributed by atoms with Gasteiger partial charge < -0.3 is 15.0 Å². The van der Waals surface area contributed by atoms with Crippen LogP contribution in [0.25, 0.3) is 0 Å². The summed E-state index contributed by atoms with van der Waals surface area (Å²) in [6.45, 7) is 0. The third kappa shape index (κ3) is 3.41. The van der Waals surface area contributed by atoms with Gasteiger partial charge in [0.15, 0.2) is 0 Å². The predicted molar refractivity (Wildman–Crippen MR) is 69.8 cm³/mol. The highest BCUT2D eigenvalue weighted by atomic mass is 16.5. The Morgan fingerprint density at radius 3 is 2.70 bits per heavy atom. The van der Waals surface area contributed by atoms with Crippen molar-refractivity contribution in [3.8, 4) is 0 Å². The van der Waals surface area contributed by atoms with Gasteiger partial charge in [0.2, 0.25) is 0 Å². The molecular formula is C13H14N4O3. The first-order valence-corrected chi connectivity index (χ1v) is 5.96. The molecule has 0 bridgehead atoms. The van der Waals surface area contributed by atoms with Crippen LogP contribution >= 0.6 is 0 Å². The minimum atomic E-state index is -0.777. The monoisotopic (exact) mass is 274 g/mol. The Morgan fingerprint density at radius 2 is 2.10 bits per heavy atom. The molecule has 2 rings (SSSR count). The normalized spacial score (nSPS) is 11.7. The van der Waals surface area contributed by atoms with E-state index in [1.165, 1.54) is 25.8 Å². The zero-order chi connectivity index (χ0) is 14.4. The first kappa shape index (κ1) is 13.7. The molecule has 0 radical (unpaired) electrons. The Morgan fingerprint density at radius 1 is 1.35 bits per heavy atom. The number of amides is 1. The van der Waals surface area contributed by atoms with Crippen LogP contribution in [0.2, 0.25) is 0 Å². The minimum absolute atomic E-state index is 0.281. The first-order chi connectivity index (χ1) is 9.70. The van der Waals surface area contributed by atoms with Crippen molar-refractivity contribution in [3.63, 3.8) is 0 Å². The van der Waals surface area contributed by atoms with Gasteiger partial charge in [-0.1, -0.05) is 0 Å². The molecule has 2 aromatic rings. The Kier molecular flexibility index (Phi) is 4.43. The number of pyridine rings is 1. The van der Waals surface area contributed by atoms with Crippen LogP contribution < -0.4 is 5.32 Å². The van der Waals surface area contributed by atoms with Crippen molar-refractivity contribution in [1.82, 2.24) is 20.3 Å². The minimum Gasteiger partial charge on any atom is -0.467 e. The Labute approximate surface area is 115 Å². The number of methoxy groups -OCH3 is 1. The molecule has 1 amide bonds. The number of hydrogen-bond acceptors (Lipinski definition) is 5.